The molecule has 0 aromatic carbocycles. The molecule has 1 heterocycles. The van der Waals surface area contributed by atoms with Crippen molar-refractivity contribution < 1.29 is 19.4 Å². The second-order valence-corrected chi connectivity index (χ2v) is 6.67. The number of carbonyl (C=O) groups excluding carboxylic acids is 1. The highest BCUT2D eigenvalue weighted by atomic mass is 16.5. The van der Waals surface area contributed by atoms with Crippen LogP contribution in [0.15, 0.2) is 0 Å². The van der Waals surface area contributed by atoms with Gasteiger partial charge >= 0.3 is 12.0 Å². The smallest absolute Gasteiger partial charge is 0.329 e. The third-order valence-electron chi connectivity index (χ3n) is 5.06. The number of hydrogen-bond donors (Lipinski definition) is 3. The topological polar surface area (TPSA) is 87.7 Å². The average Bonchev–Trinajstić information content (AvgIpc) is 3.34. The lowest BCUT2D eigenvalue weighted by Crippen LogP contribution is -2.60. The maximum absolute atomic E-state index is 12.1. The Hall–Kier alpha value is -1.30. The van der Waals surface area contributed by atoms with Crippen molar-refractivity contribution in [1.82, 2.24) is 10.6 Å². The van der Waals surface area contributed by atoms with E-state index >= 15 is 0 Å². The van der Waals surface area contributed by atoms with Crippen LogP contribution in [0.3, 0.4) is 0 Å². The first-order valence-corrected chi connectivity index (χ1v) is 7.98. The summed E-state index contributed by atoms with van der Waals surface area (Å²) in [6.45, 7) is 1.42. The minimum atomic E-state index is -1.17. The van der Waals surface area contributed by atoms with E-state index < -0.39 is 11.5 Å². The maximum Gasteiger partial charge on any atom is 0.329 e. The number of ether oxygens (including phenoxy) is 1. The number of aliphatic carboxylic acids is 1. The van der Waals surface area contributed by atoms with Crippen molar-refractivity contribution in [3.05, 3.63) is 0 Å². The van der Waals surface area contributed by atoms with Gasteiger partial charge in [0.2, 0.25) is 0 Å². The van der Waals surface area contributed by atoms with Crippen LogP contribution in [-0.2, 0) is 9.53 Å². The Kier molecular flexibility index (Phi) is 4.06. The highest BCUT2D eigenvalue weighted by Crippen LogP contribution is 2.48. The number of carbonyl (C=O) groups is 2. The van der Waals surface area contributed by atoms with Crippen molar-refractivity contribution in [2.24, 2.45) is 17.8 Å². The normalized spacial score (nSPS) is 24.6. The molecule has 0 aromatic rings. The standard InChI is InChI=1S/C15H24N2O4/c18-13(19)15(5-7-21-8-6-15)17-14(20)16-9-12(10-1-2-10)11-3-4-11/h10-12H,1-9H2,(H,18,19)(H2,16,17,20). The quantitative estimate of drug-likeness (QED) is 0.690. The molecule has 3 N–H and O–H groups in total. The van der Waals surface area contributed by atoms with Crippen molar-refractivity contribution in [2.45, 2.75) is 44.1 Å². The van der Waals surface area contributed by atoms with Gasteiger partial charge in [0, 0.05) is 32.6 Å². The van der Waals surface area contributed by atoms with E-state index in [4.69, 9.17) is 4.74 Å². The van der Waals surface area contributed by atoms with E-state index in [1.165, 1.54) is 25.7 Å². The summed E-state index contributed by atoms with van der Waals surface area (Å²) < 4.78 is 5.20. The third-order valence-corrected chi connectivity index (χ3v) is 5.06. The second kappa shape index (κ2) is 5.83. The maximum atomic E-state index is 12.1. The van der Waals surface area contributed by atoms with Gasteiger partial charge in [0.1, 0.15) is 5.54 Å². The molecular formula is C15H24N2O4. The summed E-state index contributed by atoms with van der Waals surface area (Å²) in [5.74, 6) is 1.16. The van der Waals surface area contributed by atoms with E-state index in [1.54, 1.807) is 0 Å². The van der Waals surface area contributed by atoms with Crippen molar-refractivity contribution in [3.8, 4) is 0 Å². The predicted octanol–water partition coefficient (Wildman–Crippen LogP) is 1.36. The monoisotopic (exact) mass is 296 g/mol. The zero-order valence-electron chi connectivity index (χ0n) is 12.3. The summed E-state index contributed by atoms with van der Waals surface area (Å²) in [4.78, 5) is 23.6. The predicted molar refractivity (Wildman–Crippen MR) is 75.9 cm³/mol. The molecule has 0 unspecified atom stereocenters. The van der Waals surface area contributed by atoms with Gasteiger partial charge < -0.3 is 20.5 Å². The van der Waals surface area contributed by atoms with Gasteiger partial charge in [-0.05, 0) is 43.4 Å². The van der Waals surface area contributed by atoms with Crippen molar-refractivity contribution in [1.29, 1.82) is 0 Å². The molecule has 1 saturated heterocycles. The Morgan fingerprint density at radius 1 is 1.14 bits per heavy atom. The molecular weight excluding hydrogens is 272 g/mol. The molecule has 0 radical (unpaired) electrons. The van der Waals surface area contributed by atoms with Crippen LogP contribution in [0.5, 0.6) is 0 Å². The number of urea groups is 1. The van der Waals surface area contributed by atoms with E-state index in [9.17, 15) is 14.7 Å². The Balaban J connectivity index is 1.51. The van der Waals surface area contributed by atoms with Crippen LogP contribution < -0.4 is 10.6 Å². The number of nitrogens with one attached hydrogen (secondary N) is 2. The molecule has 2 aliphatic carbocycles. The van der Waals surface area contributed by atoms with Crippen LogP contribution in [0.2, 0.25) is 0 Å². The number of amides is 2. The molecule has 6 nitrogen and oxygen atoms in total. The van der Waals surface area contributed by atoms with E-state index in [2.05, 4.69) is 10.6 Å². The summed E-state index contributed by atoms with van der Waals surface area (Å²) in [6, 6.07) is -0.356. The van der Waals surface area contributed by atoms with E-state index in [0.717, 1.165) is 11.8 Å². The van der Waals surface area contributed by atoms with Gasteiger partial charge in [0.15, 0.2) is 0 Å². The summed E-state index contributed by atoms with van der Waals surface area (Å²) >= 11 is 0. The minimum Gasteiger partial charge on any atom is -0.480 e. The number of rotatable bonds is 6. The first-order chi connectivity index (χ1) is 10.1. The number of hydrogen-bond acceptors (Lipinski definition) is 3. The third kappa shape index (κ3) is 3.48. The van der Waals surface area contributed by atoms with Crippen molar-refractivity contribution in [3.63, 3.8) is 0 Å². The fourth-order valence-electron chi connectivity index (χ4n) is 3.35. The zero-order chi connectivity index (χ0) is 14.9. The van der Waals surface area contributed by atoms with E-state index in [1.807, 2.05) is 0 Å². The molecule has 3 aliphatic rings. The fraction of sp³-hybridized carbons (Fsp3) is 0.867. The molecule has 2 saturated carbocycles. The van der Waals surface area contributed by atoms with Crippen molar-refractivity contribution in [2.75, 3.05) is 19.8 Å². The average molecular weight is 296 g/mol. The van der Waals surface area contributed by atoms with Gasteiger partial charge in [-0.3, -0.25) is 0 Å². The summed E-state index contributed by atoms with van der Waals surface area (Å²) in [6.07, 6.45) is 5.76. The van der Waals surface area contributed by atoms with Gasteiger partial charge in [0.05, 0.1) is 0 Å². The molecule has 0 atom stereocenters. The Morgan fingerprint density at radius 3 is 2.19 bits per heavy atom. The van der Waals surface area contributed by atoms with Gasteiger partial charge in [-0.15, -0.1) is 0 Å². The molecule has 3 fully saturated rings. The fourth-order valence-corrected chi connectivity index (χ4v) is 3.35. The van der Waals surface area contributed by atoms with E-state index in [0.29, 0.717) is 38.5 Å². The Labute approximate surface area is 124 Å². The van der Waals surface area contributed by atoms with Gasteiger partial charge in [-0.25, -0.2) is 9.59 Å². The molecule has 3 rings (SSSR count). The minimum absolute atomic E-state index is 0.324. The molecule has 21 heavy (non-hydrogen) atoms. The lowest BCUT2D eigenvalue weighted by Gasteiger charge is -2.34. The van der Waals surface area contributed by atoms with Crippen LogP contribution in [0.1, 0.15) is 38.5 Å². The van der Waals surface area contributed by atoms with Crippen molar-refractivity contribution >= 4 is 12.0 Å². The summed E-state index contributed by atoms with van der Waals surface area (Å²) in [5, 5.41) is 15.0. The highest BCUT2D eigenvalue weighted by molar-refractivity contribution is 5.86. The summed E-state index contributed by atoms with van der Waals surface area (Å²) in [7, 11) is 0. The zero-order valence-corrected chi connectivity index (χ0v) is 12.3. The molecule has 0 aromatic heterocycles. The lowest BCUT2D eigenvalue weighted by molar-refractivity contribution is -0.148. The Morgan fingerprint density at radius 2 is 1.71 bits per heavy atom. The lowest BCUT2D eigenvalue weighted by atomic mass is 9.90. The van der Waals surface area contributed by atoms with Gasteiger partial charge in [0.25, 0.3) is 0 Å². The van der Waals surface area contributed by atoms with E-state index in [-0.39, 0.29) is 6.03 Å². The second-order valence-electron chi connectivity index (χ2n) is 6.67. The van der Waals surface area contributed by atoms with Gasteiger partial charge in [-0.1, -0.05) is 0 Å². The molecule has 0 spiro atoms. The number of carboxylic acid groups (broad SMARTS) is 1. The first kappa shape index (κ1) is 14.6. The molecule has 118 valence electrons. The Bertz CT molecular complexity index is 400. The number of carboxylic acids is 1. The van der Waals surface area contributed by atoms with Gasteiger partial charge in [-0.2, -0.15) is 0 Å². The SMILES string of the molecule is O=C(NCC(C1CC1)C1CC1)NC1(C(=O)O)CCOCC1. The highest BCUT2D eigenvalue weighted by Gasteiger charge is 2.43. The largest absolute Gasteiger partial charge is 0.480 e. The molecule has 6 heteroatoms. The van der Waals surface area contributed by atoms with Crippen LogP contribution in [0.4, 0.5) is 4.79 Å². The summed E-state index contributed by atoms with van der Waals surface area (Å²) in [5.41, 5.74) is -1.17. The van der Waals surface area contributed by atoms with Crippen LogP contribution >= 0.6 is 0 Å². The van der Waals surface area contributed by atoms with Crippen LogP contribution in [0.25, 0.3) is 0 Å². The molecule has 0 bridgehead atoms. The van der Waals surface area contributed by atoms with Crippen LogP contribution in [0, 0.1) is 17.8 Å². The molecule has 1 aliphatic heterocycles. The molecule has 2 amide bonds. The van der Waals surface area contributed by atoms with Crippen LogP contribution in [-0.4, -0.2) is 42.4 Å². The first-order valence-electron chi connectivity index (χ1n) is 7.98.